The van der Waals surface area contributed by atoms with Crippen LogP contribution in [0, 0.1) is 0 Å². The summed E-state index contributed by atoms with van der Waals surface area (Å²) in [5.74, 6) is -1.33. The van der Waals surface area contributed by atoms with Crippen molar-refractivity contribution in [3.63, 3.8) is 0 Å². The first kappa shape index (κ1) is 14.4. The molecule has 2 aromatic rings. The zero-order valence-electron chi connectivity index (χ0n) is 11.1. The number of nitrogens with zero attached hydrogens (tertiary/aromatic N) is 1. The van der Waals surface area contributed by atoms with Crippen molar-refractivity contribution >= 4 is 38.6 Å². The Kier molecular flexibility index (Phi) is 4.01. The standard InChI is InChI=1S/C13H15N3O3S/c1-13(2,11(18)19)14-7-10(17)16-12-15-8-5-3-4-6-9(8)20-12/h3-6,14H,7H2,1-2H3,(H,18,19)(H,15,16,17). The van der Waals surface area contributed by atoms with Crippen molar-refractivity contribution in [1.29, 1.82) is 0 Å². The first-order valence-corrected chi connectivity index (χ1v) is 6.84. The number of fused-ring (bicyclic) bond motifs is 1. The molecule has 3 N–H and O–H groups in total. The molecule has 0 atom stereocenters. The average Bonchev–Trinajstić information content (AvgIpc) is 2.78. The van der Waals surface area contributed by atoms with Crippen LogP contribution in [0.15, 0.2) is 24.3 Å². The molecule has 0 fully saturated rings. The van der Waals surface area contributed by atoms with Gasteiger partial charge >= 0.3 is 5.97 Å². The molecule has 7 heteroatoms. The van der Waals surface area contributed by atoms with Crippen LogP contribution in [0.2, 0.25) is 0 Å². The lowest BCUT2D eigenvalue weighted by molar-refractivity contribution is -0.143. The van der Waals surface area contributed by atoms with Crippen LogP contribution in [0.25, 0.3) is 10.2 Å². The van der Waals surface area contributed by atoms with Crippen LogP contribution in [0.1, 0.15) is 13.8 Å². The molecule has 1 heterocycles. The largest absolute Gasteiger partial charge is 0.480 e. The van der Waals surface area contributed by atoms with Gasteiger partial charge in [0.25, 0.3) is 0 Å². The molecule has 0 radical (unpaired) electrons. The zero-order valence-corrected chi connectivity index (χ0v) is 12.0. The smallest absolute Gasteiger partial charge is 0.323 e. The van der Waals surface area contributed by atoms with Crippen LogP contribution in [-0.2, 0) is 9.59 Å². The summed E-state index contributed by atoms with van der Waals surface area (Å²) in [6, 6.07) is 7.58. The van der Waals surface area contributed by atoms with Gasteiger partial charge in [-0.2, -0.15) is 0 Å². The van der Waals surface area contributed by atoms with Gasteiger partial charge in [-0.3, -0.25) is 14.9 Å². The van der Waals surface area contributed by atoms with E-state index in [1.807, 2.05) is 24.3 Å². The minimum absolute atomic E-state index is 0.0881. The first-order valence-electron chi connectivity index (χ1n) is 6.02. The molecule has 20 heavy (non-hydrogen) atoms. The summed E-state index contributed by atoms with van der Waals surface area (Å²) in [6.07, 6.45) is 0. The zero-order chi connectivity index (χ0) is 14.8. The van der Waals surface area contributed by atoms with Crippen molar-refractivity contribution < 1.29 is 14.7 Å². The molecular weight excluding hydrogens is 278 g/mol. The number of nitrogens with one attached hydrogen (secondary N) is 2. The van der Waals surface area contributed by atoms with Crippen LogP contribution in [0.5, 0.6) is 0 Å². The second-order valence-electron chi connectivity index (χ2n) is 4.82. The summed E-state index contributed by atoms with van der Waals surface area (Å²) < 4.78 is 0.988. The number of carboxylic acid groups (broad SMARTS) is 1. The Morgan fingerprint density at radius 1 is 1.35 bits per heavy atom. The fraction of sp³-hybridized carbons (Fsp3) is 0.308. The summed E-state index contributed by atoms with van der Waals surface area (Å²) in [6.45, 7) is 2.91. The van der Waals surface area contributed by atoms with Gasteiger partial charge in [0.05, 0.1) is 16.8 Å². The number of benzene rings is 1. The number of thiazole rings is 1. The van der Waals surface area contributed by atoms with Gasteiger partial charge in [0, 0.05) is 0 Å². The Bertz CT molecular complexity index is 618. The van der Waals surface area contributed by atoms with Crippen LogP contribution in [-0.4, -0.2) is 34.1 Å². The third-order valence-electron chi connectivity index (χ3n) is 2.77. The summed E-state index contributed by atoms with van der Waals surface area (Å²) >= 11 is 1.38. The number of hydrogen-bond donors (Lipinski definition) is 3. The molecule has 0 aliphatic rings. The minimum Gasteiger partial charge on any atom is -0.480 e. The molecule has 0 aliphatic carbocycles. The van der Waals surface area contributed by atoms with Crippen LogP contribution < -0.4 is 10.6 Å². The van der Waals surface area contributed by atoms with E-state index in [-0.39, 0.29) is 12.5 Å². The number of carbonyl (C=O) groups is 2. The number of hydrogen-bond acceptors (Lipinski definition) is 5. The Morgan fingerprint density at radius 3 is 2.70 bits per heavy atom. The highest BCUT2D eigenvalue weighted by Gasteiger charge is 2.26. The number of amides is 1. The van der Waals surface area contributed by atoms with E-state index in [9.17, 15) is 9.59 Å². The minimum atomic E-state index is -1.15. The van der Waals surface area contributed by atoms with Crippen LogP contribution in [0.3, 0.4) is 0 Å². The lowest BCUT2D eigenvalue weighted by Crippen LogP contribution is -2.49. The van der Waals surface area contributed by atoms with E-state index < -0.39 is 11.5 Å². The maximum atomic E-state index is 11.8. The molecule has 6 nitrogen and oxygen atoms in total. The number of anilines is 1. The van der Waals surface area contributed by atoms with Gasteiger partial charge in [-0.1, -0.05) is 23.5 Å². The van der Waals surface area contributed by atoms with E-state index in [2.05, 4.69) is 15.6 Å². The summed E-state index contributed by atoms with van der Waals surface area (Å²) in [7, 11) is 0. The maximum absolute atomic E-state index is 11.8. The Morgan fingerprint density at radius 2 is 2.05 bits per heavy atom. The van der Waals surface area contributed by atoms with Gasteiger partial charge in [-0.15, -0.1) is 0 Å². The molecule has 0 aliphatic heterocycles. The number of carbonyl (C=O) groups excluding carboxylic acids is 1. The first-order chi connectivity index (χ1) is 9.38. The predicted octanol–water partition coefficient (Wildman–Crippen LogP) is 1.69. The van der Waals surface area contributed by atoms with Gasteiger partial charge in [0.15, 0.2) is 5.13 Å². The lowest BCUT2D eigenvalue weighted by Gasteiger charge is -2.20. The van der Waals surface area contributed by atoms with Crippen LogP contribution in [0.4, 0.5) is 5.13 Å². The number of aromatic nitrogens is 1. The maximum Gasteiger partial charge on any atom is 0.323 e. The predicted molar refractivity (Wildman–Crippen MR) is 78.0 cm³/mol. The average molecular weight is 293 g/mol. The van der Waals surface area contributed by atoms with E-state index in [0.717, 1.165) is 10.2 Å². The van der Waals surface area contributed by atoms with E-state index in [4.69, 9.17) is 5.11 Å². The summed E-state index contributed by atoms with van der Waals surface area (Å²) in [4.78, 5) is 26.9. The van der Waals surface area contributed by atoms with E-state index >= 15 is 0 Å². The topological polar surface area (TPSA) is 91.3 Å². The molecule has 1 aromatic heterocycles. The molecule has 1 amide bonds. The molecule has 0 bridgehead atoms. The number of aliphatic carboxylic acids is 1. The van der Waals surface area contributed by atoms with Gasteiger partial charge in [-0.05, 0) is 26.0 Å². The van der Waals surface area contributed by atoms with E-state index in [0.29, 0.717) is 5.13 Å². The third-order valence-corrected chi connectivity index (χ3v) is 3.72. The number of para-hydroxylation sites is 1. The van der Waals surface area contributed by atoms with Gasteiger partial charge in [0.1, 0.15) is 5.54 Å². The molecule has 0 saturated heterocycles. The highest BCUT2D eigenvalue weighted by Crippen LogP contribution is 2.25. The number of carboxylic acids is 1. The van der Waals surface area contributed by atoms with Gasteiger partial charge in [0.2, 0.25) is 5.91 Å². The normalized spacial score (nSPS) is 11.5. The Labute approximate surface area is 119 Å². The summed E-state index contributed by atoms with van der Waals surface area (Å²) in [5.41, 5.74) is -0.322. The van der Waals surface area contributed by atoms with Crippen LogP contribution >= 0.6 is 11.3 Å². The Balaban J connectivity index is 1.96. The molecular formula is C13H15N3O3S. The fourth-order valence-electron chi connectivity index (χ4n) is 1.47. The second kappa shape index (κ2) is 5.56. The second-order valence-corrected chi connectivity index (χ2v) is 5.85. The van der Waals surface area contributed by atoms with Crippen molar-refractivity contribution in [2.24, 2.45) is 0 Å². The molecule has 2 rings (SSSR count). The molecule has 106 valence electrons. The number of rotatable bonds is 5. The SMILES string of the molecule is CC(C)(NCC(=O)Nc1nc2ccccc2s1)C(=O)O. The fourth-order valence-corrected chi connectivity index (χ4v) is 2.35. The monoisotopic (exact) mass is 293 g/mol. The van der Waals surface area contributed by atoms with Crippen molar-refractivity contribution in [2.45, 2.75) is 19.4 Å². The highest BCUT2D eigenvalue weighted by atomic mass is 32.1. The van der Waals surface area contributed by atoms with Crippen molar-refractivity contribution in [2.75, 3.05) is 11.9 Å². The van der Waals surface area contributed by atoms with Gasteiger partial charge < -0.3 is 10.4 Å². The molecule has 0 unspecified atom stereocenters. The van der Waals surface area contributed by atoms with E-state index in [1.165, 1.54) is 25.2 Å². The summed E-state index contributed by atoms with van der Waals surface area (Å²) in [5, 5.41) is 14.8. The molecule has 0 saturated carbocycles. The molecule has 1 aromatic carbocycles. The van der Waals surface area contributed by atoms with Crippen molar-refractivity contribution in [1.82, 2.24) is 10.3 Å². The highest BCUT2D eigenvalue weighted by molar-refractivity contribution is 7.22. The van der Waals surface area contributed by atoms with Gasteiger partial charge in [-0.25, -0.2) is 4.98 Å². The third kappa shape index (κ3) is 3.31. The van der Waals surface area contributed by atoms with E-state index in [1.54, 1.807) is 0 Å². The molecule has 0 spiro atoms. The Hall–Kier alpha value is -1.99. The lowest BCUT2D eigenvalue weighted by atomic mass is 10.1. The van der Waals surface area contributed by atoms with Crippen molar-refractivity contribution in [3.8, 4) is 0 Å². The quantitative estimate of drug-likeness (QED) is 0.780. The van der Waals surface area contributed by atoms with Crippen molar-refractivity contribution in [3.05, 3.63) is 24.3 Å².